The van der Waals surface area contributed by atoms with E-state index in [0.29, 0.717) is 29.9 Å². The SMILES string of the molecule is O=C1NC(=O)c2cc(NC(=O)C3CNC3)ccc21. The van der Waals surface area contributed by atoms with Crippen LogP contribution in [0.3, 0.4) is 0 Å². The predicted molar refractivity (Wildman–Crippen MR) is 63.2 cm³/mol. The molecule has 1 fully saturated rings. The first-order valence-electron chi connectivity index (χ1n) is 5.66. The molecule has 0 aromatic heterocycles. The van der Waals surface area contributed by atoms with Crippen molar-refractivity contribution in [1.82, 2.24) is 10.6 Å². The molecule has 2 aliphatic heterocycles. The Hall–Kier alpha value is -2.21. The molecule has 0 radical (unpaired) electrons. The summed E-state index contributed by atoms with van der Waals surface area (Å²) in [5.74, 6) is -0.903. The number of amides is 3. The minimum atomic E-state index is -0.420. The number of carbonyl (C=O) groups excluding carboxylic acids is 3. The van der Waals surface area contributed by atoms with Crippen LogP contribution in [0.4, 0.5) is 5.69 Å². The molecule has 0 bridgehead atoms. The highest BCUT2D eigenvalue weighted by molar-refractivity contribution is 6.22. The molecule has 1 aromatic rings. The number of nitrogens with one attached hydrogen (secondary N) is 3. The van der Waals surface area contributed by atoms with Crippen molar-refractivity contribution in [2.75, 3.05) is 18.4 Å². The van der Waals surface area contributed by atoms with E-state index in [1.165, 1.54) is 6.07 Å². The van der Waals surface area contributed by atoms with Gasteiger partial charge in [0.15, 0.2) is 0 Å². The molecule has 0 spiro atoms. The van der Waals surface area contributed by atoms with Crippen molar-refractivity contribution in [3.63, 3.8) is 0 Å². The number of imide groups is 1. The van der Waals surface area contributed by atoms with E-state index in [-0.39, 0.29) is 11.8 Å². The lowest BCUT2D eigenvalue weighted by Crippen LogP contribution is -2.48. The van der Waals surface area contributed by atoms with Crippen LogP contribution in [-0.2, 0) is 4.79 Å². The molecular formula is C12H11N3O3. The molecule has 6 heteroatoms. The van der Waals surface area contributed by atoms with Crippen LogP contribution in [-0.4, -0.2) is 30.8 Å². The fraction of sp³-hybridized carbons (Fsp3) is 0.250. The zero-order valence-electron chi connectivity index (χ0n) is 9.45. The predicted octanol–water partition coefficient (Wildman–Crippen LogP) is -0.272. The zero-order valence-corrected chi connectivity index (χ0v) is 9.45. The molecule has 2 heterocycles. The van der Waals surface area contributed by atoms with E-state index in [1.54, 1.807) is 12.1 Å². The molecule has 92 valence electrons. The number of rotatable bonds is 2. The molecule has 0 unspecified atom stereocenters. The first kappa shape index (κ1) is 10.9. The van der Waals surface area contributed by atoms with E-state index in [9.17, 15) is 14.4 Å². The summed E-state index contributed by atoms with van der Waals surface area (Å²) >= 11 is 0. The molecule has 0 saturated carbocycles. The fourth-order valence-corrected chi connectivity index (χ4v) is 1.96. The Morgan fingerprint density at radius 3 is 2.56 bits per heavy atom. The number of hydrogen-bond acceptors (Lipinski definition) is 4. The Bertz CT molecular complexity index is 564. The normalized spacial score (nSPS) is 18.0. The lowest BCUT2D eigenvalue weighted by molar-refractivity contribution is -0.121. The molecule has 0 aliphatic carbocycles. The Balaban J connectivity index is 1.82. The van der Waals surface area contributed by atoms with Gasteiger partial charge in [-0.15, -0.1) is 0 Å². The van der Waals surface area contributed by atoms with Gasteiger partial charge in [-0.05, 0) is 18.2 Å². The molecule has 3 rings (SSSR count). The average molecular weight is 245 g/mol. The van der Waals surface area contributed by atoms with Crippen molar-refractivity contribution < 1.29 is 14.4 Å². The Labute approximate surface area is 103 Å². The zero-order chi connectivity index (χ0) is 12.7. The maximum atomic E-state index is 11.7. The number of hydrogen-bond donors (Lipinski definition) is 3. The third-order valence-electron chi connectivity index (χ3n) is 3.16. The van der Waals surface area contributed by atoms with Gasteiger partial charge in [0.25, 0.3) is 11.8 Å². The van der Waals surface area contributed by atoms with Crippen LogP contribution in [0, 0.1) is 5.92 Å². The smallest absolute Gasteiger partial charge is 0.259 e. The van der Waals surface area contributed by atoms with Crippen molar-refractivity contribution in [1.29, 1.82) is 0 Å². The maximum Gasteiger partial charge on any atom is 0.259 e. The summed E-state index contributed by atoms with van der Waals surface area (Å²) in [6, 6.07) is 4.70. The minimum absolute atomic E-state index is 0.0197. The highest BCUT2D eigenvalue weighted by atomic mass is 16.2. The molecular weight excluding hydrogens is 234 g/mol. The summed E-state index contributed by atoms with van der Waals surface area (Å²) in [4.78, 5) is 34.5. The summed E-state index contributed by atoms with van der Waals surface area (Å²) < 4.78 is 0. The average Bonchev–Trinajstić information content (AvgIpc) is 2.52. The summed E-state index contributed by atoms with van der Waals surface area (Å²) in [5, 5.41) is 7.96. The quantitative estimate of drug-likeness (QED) is 0.626. The van der Waals surface area contributed by atoms with Gasteiger partial charge in [-0.2, -0.15) is 0 Å². The van der Waals surface area contributed by atoms with Gasteiger partial charge in [0.05, 0.1) is 17.0 Å². The van der Waals surface area contributed by atoms with Crippen LogP contribution in [0.25, 0.3) is 0 Å². The minimum Gasteiger partial charge on any atom is -0.326 e. The highest BCUT2D eigenvalue weighted by Crippen LogP contribution is 2.21. The monoisotopic (exact) mass is 245 g/mol. The summed E-state index contributed by atoms with van der Waals surface area (Å²) in [5.41, 5.74) is 1.20. The number of benzene rings is 1. The van der Waals surface area contributed by atoms with Gasteiger partial charge >= 0.3 is 0 Å². The third-order valence-corrected chi connectivity index (χ3v) is 3.16. The Morgan fingerprint density at radius 1 is 1.17 bits per heavy atom. The number of anilines is 1. The molecule has 3 N–H and O–H groups in total. The van der Waals surface area contributed by atoms with E-state index >= 15 is 0 Å². The van der Waals surface area contributed by atoms with Crippen LogP contribution in [0.1, 0.15) is 20.7 Å². The standard InChI is InChI=1S/C12H11N3O3/c16-10(6-4-13-5-6)14-7-1-2-8-9(3-7)12(18)15-11(8)17/h1-3,6,13H,4-5H2,(H,14,16)(H,15,17,18). The van der Waals surface area contributed by atoms with Gasteiger partial charge < -0.3 is 10.6 Å². The van der Waals surface area contributed by atoms with E-state index in [4.69, 9.17) is 0 Å². The van der Waals surface area contributed by atoms with Crippen LogP contribution in [0.15, 0.2) is 18.2 Å². The Morgan fingerprint density at radius 2 is 1.89 bits per heavy atom. The van der Waals surface area contributed by atoms with E-state index < -0.39 is 11.8 Å². The molecule has 2 aliphatic rings. The second kappa shape index (κ2) is 3.92. The van der Waals surface area contributed by atoms with Crippen LogP contribution in [0.2, 0.25) is 0 Å². The second-order valence-electron chi connectivity index (χ2n) is 4.39. The lowest BCUT2D eigenvalue weighted by atomic mass is 10.0. The van der Waals surface area contributed by atoms with Gasteiger partial charge in [0, 0.05) is 18.8 Å². The first-order valence-corrected chi connectivity index (χ1v) is 5.66. The summed E-state index contributed by atoms with van der Waals surface area (Å²) in [6.45, 7) is 1.35. The van der Waals surface area contributed by atoms with E-state index in [1.807, 2.05) is 0 Å². The molecule has 0 atom stereocenters. The molecule has 18 heavy (non-hydrogen) atoms. The number of carbonyl (C=O) groups is 3. The second-order valence-corrected chi connectivity index (χ2v) is 4.39. The van der Waals surface area contributed by atoms with Gasteiger partial charge in [-0.3, -0.25) is 19.7 Å². The highest BCUT2D eigenvalue weighted by Gasteiger charge is 2.28. The largest absolute Gasteiger partial charge is 0.326 e. The van der Waals surface area contributed by atoms with Gasteiger partial charge in [-0.1, -0.05) is 0 Å². The maximum absolute atomic E-state index is 11.7. The molecule has 6 nitrogen and oxygen atoms in total. The van der Waals surface area contributed by atoms with Crippen molar-refractivity contribution in [2.24, 2.45) is 5.92 Å². The third kappa shape index (κ3) is 1.67. The van der Waals surface area contributed by atoms with Crippen LogP contribution >= 0.6 is 0 Å². The van der Waals surface area contributed by atoms with Crippen molar-refractivity contribution in [2.45, 2.75) is 0 Å². The van der Waals surface area contributed by atoms with E-state index in [2.05, 4.69) is 16.0 Å². The summed E-state index contributed by atoms with van der Waals surface area (Å²) in [7, 11) is 0. The topological polar surface area (TPSA) is 87.3 Å². The van der Waals surface area contributed by atoms with Crippen LogP contribution < -0.4 is 16.0 Å². The van der Waals surface area contributed by atoms with Crippen molar-refractivity contribution in [3.8, 4) is 0 Å². The Kier molecular flexibility index (Phi) is 2.38. The van der Waals surface area contributed by atoms with Gasteiger partial charge in [-0.25, -0.2) is 0 Å². The first-order chi connectivity index (χ1) is 8.65. The summed E-state index contributed by atoms with van der Waals surface area (Å²) in [6.07, 6.45) is 0. The molecule has 1 saturated heterocycles. The fourth-order valence-electron chi connectivity index (χ4n) is 1.96. The van der Waals surface area contributed by atoms with Crippen LogP contribution in [0.5, 0.6) is 0 Å². The van der Waals surface area contributed by atoms with Gasteiger partial charge in [0.1, 0.15) is 0 Å². The number of fused-ring (bicyclic) bond motifs is 1. The van der Waals surface area contributed by atoms with Crippen molar-refractivity contribution >= 4 is 23.4 Å². The molecule has 3 amide bonds. The van der Waals surface area contributed by atoms with Crippen molar-refractivity contribution in [3.05, 3.63) is 29.3 Å². The lowest BCUT2D eigenvalue weighted by Gasteiger charge is -2.25. The van der Waals surface area contributed by atoms with Gasteiger partial charge in [0.2, 0.25) is 5.91 Å². The molecule has 1 aromatic carbocycles. The van der Waals surface area contributed by atoms with E-state index in [0.717, 1.165) is 0 Å².